The highest BCUT2D eigenvalue weighted by molar-refractivity contribution is 5.88. The Bertz CT molecular complexity index is 808. The first-order valence-corrected chi connectivity index (χ1v) is 8.85. The fraction of sp³-hybridized carbons (Fsp3) is 0.381. The number of carbonyl (C=O) groups is 1. The first kappa shape index (κ1) is 16.2. The van der Waals surface area contributed by atoms with E-state index in [1.54, 1.807) is 12.1 Å². The summed E-state index contributed by atoms with van der Waals surface area (Å²) in [5.74, 6) is -0.948. The molecule has 2 aliphatic rings. The molecular formula is C21H21F2NO. The van der Waals surface area contributed by atoms with Gasteiger partial charge in [0.2, 0.25) is 5.91 Å². The Balaban J connectivity index is 1.70. The van der Waals surface area contributed by atoms with Gasteiger partial charge in [-0.1, -0.05) is 37.3 Å². The maximum Gasteiger partial charge on any atom is 0.229 e. The van der Waals surface area contributed by atoms with Gasteiger partial charge in [0.05, 0.1) is 11.0 Å². The van der Waals surface area contributed by atoms with Gasteiger partial charge >= 0.3 is 0 Å². The molecule has 0 aromatic heterocycles. The maximum absolute atomic E-state index is 14.3. The molecule has 0 bridgehead atoms. The number of hydrogen-bond donors (Lipinski definition) is 0. The van der Waals surface area contributed by atoms with Gasteiger partial charge in [0.25, 0.3) is 0 Å². The van der Waals surface area contributed by atoms with Crippen LogP contribution in [0.3, 0.4) is 0 Å². The van der Waals surface area contributed by atoms with Crippen LogP contribution in [-0.4, -0.2) is 23.9 Å². The average molecular weight is 341 g/mol. The first-order valence-electron chi connectivity index (χ1n) is 8.85. The summed E-state index contributed by atoms with van der Waals surface area (Å²) in [6, 6.07) is 11.2. The lowest BCUT2D eigenvalue weighted by atomic mass is 9.92. The monoisotopic (exact) mass is 341 g/mol. The van der Waals surface area contributed by atoms with Crippen LogP contribution < -0.4 is 0 Å². The molecule has 1 saturated carbocycles. The smallest absolute Gasteiger partial charge is 0.229 e. The van der Waals surface area contributed by atoms with Gasteiger partial charge in [0, 0.05) is 13.1 Å². The highest BCUT2D eigenvalue weighted by Gasteiger charge is 2.58. The quantitative estimate of drug-likeness (QED) is 0.789. The first-order chi connectivity index (χ1) is 12.0. The van der Waals surface area contributed by atoms with Crippen molar-refractivity contribution in [3.8, 4) is 11.1 Å². The Kier molecular flexibility index (Phi) is 3.86. The second-order valence-corrected chi connectivity index (χ2v) is 7.36. The van der Waals surface area contributed by atoms with Crippen molar-refractivity contribution in [3.63, 3.8) is 0 Å². The minimum absolute atomic E-state index is 0.000900. The molecule has 2 nitrogen and oxygen atoms in total. The summed E-state index contributed by atoms with van der Waals surface area (Å²) in [5, 5.41) is 0. The summed E-state index contributed by atoms with van der Waals surface area (Å²) >= 11 is 0. The number of benzene rings is 2. The van der Waals surface area contributed by atoms with E-state index in [0.717, 1.165) is 37.9 Å². The van der Waals surface area contributed by atoms with Crippen molar-refractivity contribution in [2.45, 2.75) is 32.1 Å². The fourth-order valence-electron chi connectivity index (χ4n) is 4.12. The molecule has 1 heterocycles. The number of hydrogen-bond acceptors (Lipinski definition) is 1. The Morgan fingerprint density at radius 1 is 1.04 bits per heavy atom. The van der Waals surface area contributed by atoms with E-state index in [1.165, 1.54) is 18.2 Å². The summed E-state index contributed by atoms with van der Waals surface area (Å²) in [4.78, 5) is 14.8. The molecule has 4 heteroatoms. The van der Waals surface area contributed by atoms with Crippen LogP contribution in [0.15, 0.2) is 42.5 Å². The average Bonchev–Trinajstić information content (AvgIpc) is 3.04. The van der Waals surface area contributed by atoms with Crippen molar-refractivity contribution in [1.82, 2.24) is 4.90 Å². The summed E-state index contributed by atoms with van der Waals surface area (Å²) in [7, 11) is 0. The highest BCUT2D eigenvalue weighted by atomic mass is 19.1. The number of halogens is 2. The van der Waals surface area contributed by atoms with Gasteiger partial charge < -0.3 is 4.90 Å². The Morgan fingerprint density at radius 3 is 2.36 bits per heavy atom. The molecule has 2 aromatic carbocycles. The zero-order valence-electron chi connectivity index (χ0n) is 14.3. The van der Waals surface area contributed by atoms with E-state index in [1.807, 2.05) is 24.0 Å². The minimum atomic E-state index is -0.569. The molecule has 1 saturated heterocycles. The van der Waals surface area contributed by atoms with E-state index >= 15 is 0 Å². The molecule has 0 radical (unpaired) electrons. The SMILES string of the molecule is CC1(C(=O)N2CCCC2)CC1c1ccccc1-c1c(F)cccc1F. The van der Waals surface area contributed by atoms with E-state index in [4.69, 9.17) is 0 Å². The summed E-state index contributed by atoms with van der Waals surface area (Å²) in [6.07, 6.45) is 2.85. The molecule has 25 heavy (non-hydrogen) atoms. The number of nitrogens with zero attached hydrogens (tertiary/aromatic N) is 1. The molecule has 130 valence electrons. The van der Waals surface area contributed by atoms with Gasteiger partial charge in [-0.25, -0.2) is 8.78 Å². The van der Waals surface area contributed by atoms with Crippen LogP contribution in [0.4, 0.5) is 8.78 Å². The van der Waals surface area contributed by atoms with E-state index in [2.05, 4.69) is 0 Å². The highest BCUT2D eigenvalue weighted by Crippen LogP contribution is 2.61. The van der Waals surface area contributed by atoms with Crippen LogP contribution in [0.5, 0.6) is 0 Å². The summed E-state index contributed by atoms with van der Waals surface area (Å²) in [5.41, 5.74) is 0.964. The van der Waals surface area contributed by atoms with Crippen LogP contribution >= 0.6 is 0 Å². The molecule has 0 N–H and O–H groups in total. The lowest BCUT2D eigenvalue weighted by Gasteiger charge is -2.21. The molecule has 1 aliphatic carbocycles. The van der Waals surface area contributed by atoms with E-state index < -0.39 is 17.0 Å². The standard InChI is InChI=1S/C21H21F2NO/c1-21(20(25)24-11-4-5-12-24)13-16(21)14-7-2-3-8-15(14)19-17(22)9-6-10-18(19)23/h2-3,6-10,16H,4-5,11-13H2,1H3. The van der Waals surface area contributed by atoms with Crippen molar-refractivity contribution >= 4 is 5.91 Å². The van der Waals surface area contributed by atoms with Gasteiger partial charge in [-0.2, -0.15) is 0 Å². The van der Waals surface area contributed by atoms with Gasteiger partial charge in [0.15, 0.2) is 0 Å². The van der Waals surface area contributed by atoms with Gasteiger partial charge in [-0.05, 0) is 48.4 Å². The summed E-state index contributed by atoms with van der Waals surface area (Å²) < 4.78 is 28.6. The van der Waals surface area contributed by atoms with Gasteiger partial charge in [0.1, 0.15) is 11.6 Å². The number of amides is 1. The van der Waals surface area contributed by atoms with Gasteiger partial charge in [-0.15, -0.1) is 0 Å². The predicted octanol–water partition coefficient (Wildman–Crippen LogP) is 4.75. The minimum Gasteiger partial charge on any atom is -0.342 e. The van der Waals surface area contributed by atoms with E-state index in [-0.39, 0.29) is 17.4 Å². The van der Waals surface area contributed by atoms with E-state index in [9.17, 15) is 13.6 Å². The third-order valence-electron chi connectivity index (χ3n) is 5.69. The second kappa shape index (κ2) is 5.94. The molecule has 2 atom stereocenters. The van der Waals surface area contributed by atoms with Gasteiger partial charge in [-0.3, -0.25) is 4.79 Å². The second-order valence-electron chi connectivity index (χ2n) is 7.36. The fourth-order valence-corrected chi connectivity index (χ4v) is 4.12. The number of carbonyl (C=O) groups excluding carboxylic acids is 1. The zero-order chi connectivity index (χ0) is 17.6. The Morgan fingerprint density at radius 2 is 1.68 bits per heavy atom. The molecule has 4 rings (SSSR count). The molecule has 2 aromatic rings. The van der Waals surface area contributed by atoms with Crippen LogP contribution in [0.1, 0.15) is 37.7 Å². The van der Waals surface area contributed by atoms with Crippen molar-refractivity contribution in [1.29, 1.82) is 0 Å². The number of rotatable bonds is 3. The van der Waals surface area contributed by atoms with Crippen molar-refractivity contribution in [2.24, 2.45) is 5.41 Å². The molecule has 0 spiro atoms. The molecule has 1 amide bonds. The zero-order valence-corrected chi connectivity index (χ0v) is 14.3. The summed E-state index contributed by atoms with van der Waals surface area (Å²) in [6.45, 7) is 3.63. The third-order valence-corrected chi connectivity index (χ3v) is 5.69. The lowest BCUT2D eigenvalue weighted by Crippen LogP contribution is -2.34. The lowest BCUT2D eigenvalue weighted by molar-refractivity contribution is -0.135. The maximum atomic E-state index is 14.3. The molecule has 1 aliphatic heterocycles. The van der Waals surface area contributed by atoms with Crippen molar-refractivity contribution in [2.75, 3.05) is 13.1 Å². The largest absolute Gasteiger partial charge is 0.342 e. The van der Waals surface area contributed by atoms with Crippen LogP contribution in [0.25, 0.3) is 11.1 Å². The third kappa shape index (κ3) is 2.64. The normalized spacial score (nSPS) is 25.2. The number of likely N-dealkylation sites (tertiary alicyclic amines) is 1. The van der Waals surface area contributed by atoms with Crippen molar-refractivity contribution < 1.29 is 13.6 Å². The molecule has 2 fully saturated rings. The molecule has 2 unspecified atom stereocenters. The van der Waals surface area contributed by atoms with Crippen molar-refractivity contribution in [3.05, 3.63) is 59.7 Å². The predicted molar refractivity (Wildman–Crippen MR) is 93.1 cm³/mol. The topological polar surface area (TPSA) is 20.3 Å². The van der Waals surface area contributed by atoms with Crippen LogP contribution in [0, 0.1) is 17.0 Å². The Hall–Kier alpha value is -2.23. The van der Waals surface area contributed by atoms with Crippen LogP contribution in [0.2, 0.25) is 0 Å². The Labute approximate surface area is 146 Å². The van der Waals surface area contributed by atoms with E-state index in [0.29, 0.717) is 5.56 Å². The van der Waals surface area contributed by atoms with Crippen LogP contribution in [-0.2, 0) is 4.79 Å². The molecular weight excluding hydrogens is 320 g/mol.